The number of thioether (sulfide) groups is 1. The number of hydrogen-bond acceptors (Lipinski definition) is 7. The Balaban J connectivity index is 1.49. The van der Waals surface area contributed by atoms with Gasteiger partial charge in [0.25, 0.3) is 5.91 Å². The van der Waals surface area contributed by atoms with E-state index in [2.05, 4.69) is 35.4 Å². The Morgan fingerprint density at radius 2 is 1.90 bits per heavy atom. The van der Waals surface area contributed by atoms with Crippen LogP contribution in [0.1, 0.15) is 41.8 Å². The topological polar surface area (TPSA) is 87.9 Å². The molecule has 1 amide bonds. The predicted molar refractivity (Wildman–Crippen MR) is 120 cm³/mol. The van der Waals surface area contributed by atoms with Crippen molar-refractivity contribution in [1.82, 2.24) is 10.2 Å². The fourth-order valence-corrected chi connectivity index (χ4v) is 4.13. The van der Waals surface area contributed by atoms with Crippen LogP contribution in [-0.4, -0.2) is 22.7 Å². The minimum absolute atomic E-state index is 0.233. The number of carbonyl (C=O) groups excluding carboxylic acids is 1. The monoisotopic (exact) mass is 438 g/mol. The first-order valence-electron chi connectivity index (χ1n) is 9.53. The van der Waals surface area contributed by atoms with Crippen LogP contribution in [0.5, 0.6) is 5.75 Å². The van der Waals surface area contributed by atoms with E-state index in [-0.39, 0.29) is 5.91 Å². The first-order chi connectivity index (χ1) is 14.5. The lowest BCUT2D eigenvalue weighted by molar-refractivity contribution is 0.102. The summed E-state index contributed by atoms with van der Waals surface area (Å²) in [5.74, 6) is 1.83. The second-order valence-electron chi connectivity index (χ2n) is 6.98. The molecule has 2 aromatic carbocycles. The fraction of sp³-hybridized carbons (Fsp3) is 0.273. The van der Waals surface area contributed by atoms with E-state index in [1.165, 1.54) is 23.1 Å². The Morgan fingerprint density at radius 3 is 2.57 bits per heavy atom. The molecule has 0 saturated heterocycles. The molecule has 1 heterocycles. The Morgan fingerprint density at radius 1 is 1.17 bits per heavy atom. The van der Waals surface area contributed by atoms with Gasteiger partial charge in [0.2, 0.25) is 5.13 Å². The summed E-state index contributed by atoms with van der Waals surface area (Å²) < 4.78 is 6.45. The lowest BCUT2D eigenvalue weighted by atomic mass is 10.1. The quantitative estimate of drug-likeness (QED) is 0.356. The summed E-state index contributed by atoms with van der Waals surface area (Å²) in [4.78, 5) is 12.4. The first kappa shape index (κ1) is 21.8. The molecule has 3 rings (SSSR count). The molecule has 8 heteroatoms. The molecule has 0 bridgehead atoms. The van der Waals surface area contributed by atoms with Gasteiger partial charge in [0.1, 0.15) is 5.75 Å². The molecule has 1 aromatic heterocycles. The molecule has 0 aliphatic carbocycles. The maximum Gasteiger partial charge on any atom is 0.257 e. The summed E-state index contributed by atoms with van der Waals surface area (Å²) >= 11 is 2.87. The van der Waals surface area contributed by atoms with Gasteiger partial charge in [0.05, 0.1) is 18.2 Å². The van der Waals surface area contributed by atoms with Crippen LogP contribution in [-0.2, 0) is 5.75 Å². The molecule has 0 aliphatic heterocycles. The van der Waals surface area contributed by atoms with Crippen molar-refractivity contribution < 1.29 is 9.53 Å². The summed E-state index contributed by atoms with van der Waals surface area (Å²) in [7, 11) is 0. The molecule has 0 saturated carbocycles. The van der Waals surface area contributed by atoms with E-state index in [9.17, 15) is 4.79 Å². The molecule has 3 aromatic rings. The van der Waals surface area contributed by atoms with Crippen molar-refractivity contribution in [2.45, 2.75) is 30.4 Å². The normalized spacial score (nSPS) is 10.6. The zero-order chi connectivity index (χ0) is 21.3. The molecule has 154 valence electrons. The molecular formula is C22H22N4O2S2. The lowest BCUT2D eigenvalue weighted by Gasteiger charge is -2.08. The number of benzene rings is 2. The lowest BCUT2D eigenvalue weighted by Crippen LogP contribution is -2.11. The third-order valence-electron chi connectivity index (χ3n) is 4.15. The van der Waals surface area contributed by atoms with Gasteiger partial charge in [-0.25, -0.2) is 0 Å². The number of amides is 1. The number of carbonyl (C=O) groups is 1. The van der Waals surface area contributed by atoms with Gasteiger partial charge in [-0.2, -0.15) is 5.26 Å². The number of nitrogens with one attached hydrogen (secondary N) is 1. The van der Waals surface area contributed by atoms with Crippen molar-refractivity contribution in [2.24, 2.45) is 5.92 Å². The molecular weight excluding hydrogens is 416 g/mol. The summed E-state index contributed by atoms with van der Waals surface area (Å²) in [6.07, 6.45) is 0.991. The second-order valence-corrected chi connectivity index (χ2v) is 9.18. The highest BCUT2D eigenvalue weighted by Crippen LogP contribution is 2.28. The van der Waals surface area contributed by atoms with E-state index < -0.39 is 0 Å². The van der Waals surface area contributed by atoms with Gasteiger partial charge >= 0.3 is 0 Å². The predicted octanol–water partition coefficient (Wildman–Crippen LogP) is 5.38. The van der Waals surface area contributed by atoms with Gasteiger partial charge < -0.3 is 4.74 Å². The summed E-state index contributed by atoms with van der Waals surface area (Å²) in [5.41, 5.74) is 2.27. The van der Waals surface area contributed by atoms with Gasteiger partial charge in [0.15, 0.2) is 4.34 Å². The first-order valence-corrected chi connectivity index (χ1v) is 11.3. The van der Waals surface area contributed by atoms with Gasteiger partial charge in [-0.1, -0.05) is 49.1 Å². The van der Waals surface area contributed by atoms with Gasteiger partial charge in [-0.05, 0) is 54.3 Å². The molecule has 0 aliphatic rings. The van der Waals surface area contributed by atoms with E-state index in [0.717, 1.165) is 22.1 Å². The fourth-order valence-electron chi connectivity index (χ4n) is 2.42. The van der Waals surface area contributed by atoms with E-state index in [1.54, 1.807) is 36.4 Å². The number of ether oxygens (including phenoxy) is 1. The molecule has 0 fully saturated rings. The number of rotatable bonds is 9. The van der Waals surface area contributed by atoms with Crippen molar-refractivity contribution >= 4 is 34.1 Å². The molecule has 0 spiro atoms. The average molecular weight is 439 g/mol. The zero-order valence-corrected chi connectivity index (χ0v) is 18.4. The van der Waals surface area contributed by atoms with Gasteiger partial charge in [-0.3, -0.25) is 10.1 Å². The number of hydrogen-bond donors (Lipinski definition) is 1. The summed E-state index contributed by atoms with van der Waals surface area (Å²) in [6.45, 7) is 4.97. The third-order valence-corrected chi connectivity index (χ3v) is 6.20. The highest BCUT2D eigenvalue weighted by atomic mass is 32.2. The highest BCUT2D eigenvalue weighted by Gasteiger charge is 2.11. The number of nitrogens with zero attached hydrogens (tertiary/aromatic N) is 3. The van der Waals surface area contributed by atoms with E-state index in [0.29, 0.717) is 34.5 Å². The highest BCUT2D eigenvalue weighted by molar-refractivity contribution is 8.00. The Bertz CT molecular complexity index is 1010. The van der Waals surface area contributed by atoms with Crippen molar-refractivity contribution in [3.8, 4) is 11.8 Å². The van der Waals surface area contributed by atoms with Crippen molar-refractivity contribution in [3.05, 3.63) is 65.2 Å². The summed E-state index contributed by atoms with van der Waals surface area (Å²) in [6, 6.07) is 16.6. The number of anilines is 1. The van der Waals surface area contributed by atoms with Crippen molar-refractivity contribution in [3.63, 3.8) is 0 Å². The maximum absolute atomic E-state index is 12.4. The SMILES string of the molecule is CC(C)CCOc1ccc(C(=O)Nc2nnc(SCc3ccc(C#N)cc3)s2)cc1. The van der Waals surface area contributed by atoms with Crippen LogP contribution in [0.3, 0.4) is 0 Å². The Labute approximate surface area is 184 Å². The maximum atomic E-state index is 12.4. The van der Waals surface area contributed by atoms with Crippen LogP contribution < -0.4 is 10.1 Å². The third kappa shape index (κ3) is 6.58. The van der Waals surface area contributed by atoms with Crippen LogP contribution in [0.15, 0.2) is 52.9 Å². The van der Waals surface area contributed by atoms with Crippen molar-refractivity contribution in [2.75, 3.05) is 11.9 Å². The van der Waals surface area contributed by atoms with Crippen LogP contribution >= 0.6 is 23.1 Å². The van der Waals surface area contributed by atoms with E-state index in [1.807, 2.05) is 12.1 Å². The van der Waals surface area contributed by atoms with Gasteiger partial charge in [-0.15, -0.1) is 10.2 Å². The minimum Gasteiger partial charge on any atom is -0.494 e. The average Bonchev–Trinajstić information content (AvgIpc) is 3.20. The largest absolute Gasteiger partial charge is 0.494 e. The van der Waals surface area contributed by atoms with Crippen molar-refractivity contribution in [1.29, 1.82) is 5.26 Å². The molecule has 6 nitrogen and oxygen atoms in total. The van der Waals surface area contributed by atoms with E-state index >= 15 is 0 Å². The molecule has 0 unspecified atom stereocenters. The molecule has 0 radical (unpaired) electrons. The van der Waals surface area contributed by atoms with Crippen LogP contribution in [0, 0.1) is 17.2 Å². The standard InChI is InChI=1S/C22H22N4O2S2/c1-15(2)11-12-28-19-9-7-18(8-10-19)20(27)24-21-25-26-22(30-21)29-14-17-5-3-16(13-23)4-6-17/h3-10,15H,11-12,14H2,1-2H3,(H,24,25,27). The minimum atomic E-state index is -0.233. The molecule has 0 atom stereocenters. The van der Waals surface area contributed by atoms with Crippen LogP contribution in [0.25, 0.3) is 0 Å². The summed E-state index contributed by atoms with van der Waals surface area (Å²) in [5, 5.41) is 20.3. The number of aromatic nitrogens is 2. The molecule has 30 heavy (non-hydrogen) atoms. The molecule has 1 N–H and O–H groups in total. The second kappa shape index (κ2) is 10.8. The van der Waals surface area contributed by atoms with Crippen LogP contribution in [0.2, 0.25) is 0 Å². The Hall–Kier alpha value is -2.89. The smallest absolute Gasteiger partial charge is 0.257 e. The van der Waals surface area contributed by atoms with Gasteiger partial charge in [0, 0.05) is 11.3 Å². The Kier molecular flexibility index (Phi) is 7.82. The number of nitriles is 1. The zero-order valence-electron chi connectivity index (χ0n) is 16.8. The van der Waals surface area contributed by atoms with E-state index in [4.69, 9.17) is 10.00 Å². The van der Waals surface area contributed by atoms with Crippen LogP contribution in [0.4, 0.5) is 5.13 Å².